The minimum atomic E-state index is -0.374. The molecule has 0 atom stereocenters. The van der Waals surface area contributed by atoms with Gasteiger partial charge in [-0.3, -0.25) is 4.79 Å². The molecular weight excluding hydrogens is 180 g/mol. The predicted molar refractivity (Wildman–Crippen MR) is 52.7 cm³/mol. The fraction of sp³-hybridized carbons (Fsp3) is 0.636. The van der Waals surface area contributed by atoms with Gasteiger partial charge in [-0.15, -0.1) is 0 Å². The Morgan fingerprint density at radius 3 is 2.50 bits per heavy atom. The van der Waals surface area contributed by atoms with Crippen molar-refractivity contribution in [1.82, 2.24) is 0 Å². The fourth-order valence-corrected chi connectivity index (χ4v) is 1.92. The van der Waals surface area contributed by atoms with E-state index in [0.717, 1.165) is 0 Å². The Morgan fingerprint density at radius 1 is 1.43 bits per heavy atom. The highest BCUT2D eigenvalue weighted by Gasteiger charge is 2.36. The normalized spacial score (nSPS) is 21.0. The summed E-state index contributed by atoms with van der Waals surface area (Å²) in [5, 5.41) is 0. The van der Waals surface area contributed by atoms with Gasteiger partial charge in [-0.1, -0.05) is 13.8 Å². The maximum Gasteiger partial charge on any atom is 0.334 e. The lowest BCUT2D eigenvalue weighted by molar-refractivity contribution is -0.138. The second kappa shape index (κ2) is 3.56. The molecule has 78 valence electrons. The van der Waals surface area contributed by atoms with Gasteiger partial charge in [0.15, 0.2) is 5.78 Å². The van der Waals surface area contributed by atoms with Crippen LogP contribution in [-0.2, 0) is 14.3 Å². The molecule has 0 unspecified atom stereocenters. The third kappa shape index (κ3) is 1.72. The van der Waals surface area contributed by atoms with Crippen molar-refractivity contribution in [2.75, 3.05) is 7.11 Å². The Balaban J connectivity index is 3.22. The van der Waals surface area contributed by atoms with Gasteiger partial charge in [0.25, 0.3) is 0 Å². The Morgan fingerprint density at radius 2 is 2.00 bits per heavy atom. The van der Waals surface area contributed by atoms with Crippen molar-refractivity contribution >= 4 is 11.8 Å². The van der Waals surface area contributed by atoms with Gasteiger partial charge in [0, 0.05) is 17.6 Å². The number of allylic oxidation sites excluding steroid dienone is 1. The van der Waals surface area contributed by atoms with E-state index in [9.17, 15) is 9.59 Å². The van der Waals surface area contributed by atoms with Crippen LogP contribution in [0.1, 0.15) is 33.6 Å². The molecule has 1 aliphatic rings. The molecule has 0 aromatic heterocycles. The molecule has 0 spiro atoms. The summed E-state index contributed by atoms with van der Waals surface area (Å²) in [6.07, 6.45) is 1.24. The molecule has 1 aliphatic carbocycles. The van der Waals surface area contributed by atoms with Gasteiger partial charge in [-0.2, -0.15) is 0 Å². The maximum atomic E-state index is 11.5. The first-order valence-corrected chi connectivity index (χ1v) is 4.73. The maximum absolute atomic E-state index is 11.5. The summed E-state index contributed by atoms with van der Waals surface area (Å²) >= 11 is 0. The van der Waals surface area contributed by atoms with Gasteiger partial charge in [-0.25, -0.2) is 4.79 Å². The van der Waals surface area contributed by atoms with Gasteiger partial charge in [0.2, 0.25) is 0 Å². The Kier molecular flexibility index (Phi) is 2.79. The highest BCUT2D eigenvalue weighted by molar-refractivity contribution is 6.05. The van der Waals surface area contributed by atoms with Crippen molar-refractivity contribution in [2.24, 2.45) is 5.41 Å². The predicted octanol–water partition coefficient (Wildman–Crippen LogP) is 1.86. The van der Waals surface area contributed by atoms with Crippen LogP contribution in [0.15, 0.2) is 11.1 Å². The van der Waals surface area contributed by atoms with Gasteiger partial charge < -0.3 is 4.74 Å². The highest BCUT2D eigenvalue weighted by atomic mass is 16.5. The third-order valence-electron chi connectivity index (χ3n) is 2.84. The van der Waals surface area contributed by atoms with Crippen LogP contribution in [0.3, 0.4) is 0 Å². The molecule has 0 aromatic rings. The van der Waals surface area contributed by atoms with Crippen molar-refractivity contribution in [1.29, 1.82) is 0 Å². The second-order valence-electron chi connectivity index (χ2n) is 4.30. The molecule has 0 fully saturated rings. The summed E-state index contributed by atoms with van der Waals surface area (Å²) in [7, 11) is 1.35. The largest absolute Gasteiger partial charge is 0.466 e. The zero-order valence-corrected chi connectivity index (χ0v) is 9.14. The monoisotopic (exact) mass is 196 g/mol. The van der Waals surface area contributed by atoms with E-state index in [2.05, 4.69) is 0 Å². The molecule has 0 saturated heterocycles. The Hall–Kier alpha value is -1.12. The van der Waals surface area contributed by atoms with E-state index in [1.54, 1.807) is 6.92 Å². The average molecular weight is 196 g/mol. The summed E-state index contributed by atoms with van der Waals surface area (Å²) in [5.41, 5.74) is 0.856. The Labute approximate surface area is 84.1 Å². The minimum absolute atomic E-state index is 0.0599. The quantitative estimate of drug-likeness (QED) is 0.601. The van der Waals surface area contributed by atoms with E-state index >= 15 is 0 Å². The van der Waals surface area contributed by atoms with E-state index in [4.69, 9.17) is 4.74 Å². The molecular formula is C11H16O3. The zero-order valence-electron chi connectivity index (χ0n) is 9.14. The van der Waals surface area contributed by atoms with Crippen molar-refractivity contribution in [3.63, 3.8) is 0 Å². The minimum Gasteiger partial charge on any atom is -0.466 e. The lowest BCUT2D eigenvalue weighted by Crippen LogP contribution is -2.30. The molecule has 0 amide bonds. The highest BCUT2D eigenvalue weighted by Crippen LogP contribution is 2.39. The number of hydrogen-bond donors (Lipinski definition) is 0. The summed E-state index contributed by atoms with van der Waals surface area (Å²) in [6.45, 7) is 5.64. The summed E-state index contributed by atoms with van der Waals surface area (Å²) in [5.74, 6) is -0.315. The van der Waals surface area contributed by atoms with E-state index in [-0.39, 0.29) is 17.2 Å². The molecule has 0 aromatic carbocycles. The van der Waals surface area contributed by atoms with Gasteiger partial charge in [0.05, 0.1) is 7.11 Å². The Bertz CT molecular complexity index is 310. The van der Waals surface area contributed by atoms with Crippen molar-refractivity contribution in [3.05, 3.63) is 11.1 Å². The average Bonchev–Trinajstić information content (AvgIpc) is 2.11. The van der Waals surface area contributed by atoms with E-state index in [1.165, 1.54) is 7.11 Å². The fourth-order valence-electron chi connectivity index (χ4n) is 1.92. The summed E-state index contributed by atoms with van der Waals surface area (Å²) in [4.78, 5) is 23.0. The van der Waals surface area contributed by atoms with Gasteiger partial charge >= 0.3 is 5.97 Å². The van der Waals surface area contributed by atoms with Crippen molar-refractivity contribution < 1.29 is 14.3 Å². The summed E-state index contributed by atoms with van der Waals surface area (Å²) < 4.78 is 4.70. The first-order chi connectivity index (χ1) is 6.40. The van der Waals surface area contributed by atoms with Crippen molar-refractivity contribution in [3.8, 4) is 0 Å². The topological polar surface area (TPSA) is 43.4 Å². The molecule has 1 rings (SSSR count). The van der Waals surface area contributed by atoms with E-state index in [0.29, 0.717) is 24.0 Å². The number of esters is 1. The molecule has 0 bridgehead atoms. The molecule has 0 saturated carbocycles. The molecule has 3 heteroatoms. The van der Waals surface area contributed by atoms with E-state index in [1.807, 2.05) is 13.8 Å². The molecule has 0 radical (unpaired) electrons. The number of methoxy groups -OCH3 is 1. The number of carbonyl (C=O) groups excluding carboxylic acids is 2. The van der Waals surface area contributed by atoms with Crippen LogP contribution in [-0.4, -0.2) is 18.9 Å². The lowest BCUT2D eigenvalue weighted by Gasteiger charge is -2.31. The van der Waals surface area contributed by atoms with Gasteiger partial charge in [-0.05, 0) is 18.8 Å². The third-order valence-corrected chi connectivity index (χ3v) is 2.84. The standard InChI is InChI=1S/C11H16O3/c1-7-8(12)5-6-11(2,3)9(7)10(13)14-4/h5-6H2,1-4H3. The smallest absolute Gasteiger partial charge is 0.334 e. The van der Waals surface area contributed by atoms with Crippen LogP contribution in [0.25, 0.3) is 0 Å². The molecule has 14 heavy (non-hydrogen) atoms. The number of ketones is 1. The van der Waals surface area contributed by atoms with Crippen LogP contribution in [0.2, 0.25) is 0 Å². The number of Topliss-reactive ketones (excluding diaryl/α,β-unsaturated/α-hetero) is 1. The molecule has 3 nitrogen and oxygen atoms in total. The zero-order chi connectivity index (χ0) is 10.9. The van der Waals surface area contributed by atoms with Crippen LogP contribution < -0.4 is 0 Å². The molecule has 0 heterocycles. The second-order valence-corrected chi connectivity index (χ2v) is 4.30. The van der Waals surface area contributed by atoms with Gasteiger partial charge in [0.1, 0.15) is 0 Å². The van der Waals surface area contributed by atoms with Crippen LogP contribution in [0.5, 0.6) is 0 Å². The van der Waals surface area contributed by atoms with Crippen LogP contribution in [0.4, 0.5) is 0 Å². The van der Waals surface area contributed by atoms with E-state index < -0.39 is 0 Å². The molecule has 0 aliphatic heterocycles. The van der Waals surface area contributed by atoms with Crippen LogP contribution in [0, 0.1) is 5.41 Å². The van der Waals surface area contributed by atoms with Crippen molar-refractivity contribution in [2.45, 2.75) is 33.6 Å². The first-order valence-electron chi connectivity index (χ1n) is 4.73. The SMILES string of the molecule is COC(=O)C1=C(C)C(=O)CCC1(C)C. The summed E-state index contributed by atoms with van der Waals surface area (Å²) in [6, 6.07) is 0. The lowest BCUT2D eigenvalue weighted by atomic mass is 9.72. The first kappa shape index (κ1) is 11.0. The number of ether oxygens (including phenoxy) is 1. The number of carbonyl (C=O) groups is 2. The number of hydrogen-bond acceptors (Lipinski definition) is 3. The number of rotatable bonds is 1. The van der Waals surface area contributed by atoms with Crippen LogP contribution >= 0.6 is 0 Å². The molecule has 0 N–H and O–H groups in total.